The fourth-order valence-corrected chi connectivity index (χ4v) is 2.67. The average molecular weight is 249 g/mol. The van der Waals surface area contributed by atoms with Gasteiger partial charge in [-0.05, 0) is 25.8 Å². The molecule has 1 saturated carbocycles. The van der Waals surface area contributed by atoms with Crippen LogP contribution in [0.4, 0.5) is 0 Å². The summed E-state index contributed by atoms with van der Waals surface area (Å²) in [5.41, 5.74) is 1.10. The Morgan fingerprint density at radius 1 is 1.28 bits per heavy atom. The number of aliphatic hydroxyl groups excluding tert-OH is 1. The second-order valence-electron chi connectivity index (χ2n) is 5.04. The third-order valence-electron chi connectivity index (χ3n) is 3.79. The van der Waals surface area contributed by atoms with Crippen molar-refractivity contribution < 1.29 is 9.84 Å². The van der Waals surface area contributed by atoms with Crippen molar-refractivity contribution in [2.24, 2.45) is 0 Å². The molecular weight excluding hydrogens is 226 g/mol. The van der Waals surface area contributed by atoms with Crippen molar-refractivity contribution in [3.8, 4) is 5.75 Å². The molecule has 0 aromatic heterocycles. The largest absolute Gasteiger partial charge is 0.494 e. The molecule has 2 N–H and O–H groups in total. The summed E-state index contributed by atoms with van der Waals surface area (Å²) in [5.74, 6) is 0.943. The number of hydrogen-bond donors (Lipinski definition) is 2. The van der Waals surface area contributed by atoms with Crippen molar-refractivity contribution in [1.29, 1.82) is 0 Å². The van der Waals surface area contributed by atoms with Gasteiger partial charge in [-0.2, -0.15) is 0 Å². The van der Waals surface area contributed by atoms with Crippen LogP contribution in [0.3, 0.4) is 0 Å². The maximum absolute atomic E-state index is 9.57. The maximum atomic E-state index is 9.57. The van der Waals surface area contributed by atoms with E-state index in [2.05, 4.69) is 11.4 Å². The summed E-state index contributed by atoms with van der Waals surface area (Å²) < 4.78 is 5.62. The Morgan fingerprint density at radius 2 is 2.00 bits per heavy atom. The molecule has 0 spiro atoms. The van der Waals surface area contributed by atoms with Gasteiger partial charge < -0.3 is 15.2 Å². The molecule has 3 heteroatoms. The fourth-order valence-electron chi connectivity index (χ4n) is 2.67. The Labute approximate surface area is 109 Å². The van der Waals surface area contributed by atoms with Gasteiger partial charge in [0.05, 0.1) is 13.2 Å². The van der Waals surface area contributed by atoms with Gasteiger partial charge in [-0.25, -0.2) is 0 Å². The van der Waals surface area contributed by atoms with E-state index in [1.165, 1.54) is 18.4 Å². The molecule has 1 aliphatic carbocycles. The van der Waals surface area contributed by atoms with Crippen LogP contribution in [0.25, 0.3) is 0 Å². The standard InChI is InChI=1S/C15H23NO2/c1-2-18-14-8-4-3-7-13(14)11-16-15(12-17)9-5-6-10-15/h3-4,7-8,16-17H,2,5-6,9-12H2,1H3. The lowest BCUT2D eigenvalue weighted by atomic mass is 9.98. The summed E-state index contributed by atoms with van der Waals surface area (Å²) in [6, 6.07) is 8.10. The SMILES string of the molecule is CCOc1ccccc1CNC1(CO)CCCC1. The van der Waals surface area contributed by atoms with Gasteiger partial charge in [-0.1, -0.05) is 31.0 Å². The second kappa shape index (κ2) is 6.21. The first kappa shape index (κ1) is 13.4. The van der Waals surface area contributed by atoms with Gasteiger partial charge >= 0.3 is 0 Å². The predicted molar refractivity (Wildman–Crippen MR) is 72.7 cm³/mol. The predicted octanol–water partition coefficient (Wildman–Crippen LogP) is 2.48. The minimum Gasteiger partial charge on any atom is -0.494 e. The summed E-state index contributed by atoms with van der Waals surface area (Å²) in [6.07, 6.45) is 4.56. The molecule has 0 atom stereocenters. The minimum atomic E-state index is -0.0701. The molecule has 0 amide bonds. The van der Waals surface area contributed by atoms with Crippen LogP contribution in [-0.4, -0.2) is 23.9 Å². The summed E-state index contributed by atoms with van der Waals surface area (Å²) in [7, 11) is 0. The van der Waals surface area contributed by atoms with Crippen molar-refractivity contribution in [3.63, 3.8) is 0 Å². The lowest BCUT2D eigenvalue weighted by Crippen LogP contribution is -2.45. The first-order chi connectivity index (χ1) is 8.79. The lowest BCUT2D eigenvalue weighted by molar-refractivity contribution is 0.162. The summed E-state index contributed by atoms with van der Waals surface area (Å²) in [4.78, 5) is 0. The molecule has 1 aliphatic rings. The molecule has 0 radical (unpaired) electrons. The van der Waals surface area contributed by atoms with Crippen LogP contribution >= 0.6 is 0 Å². The molecule has 100 valence electrons. The minimum absolute atomic E-state index is 0.0701. The van der Waals surface area contributed by atoms with Gasteiger partial charge in [0.2, 0.25) is 0 Å². The van der Waals surface area contributed by atoms with E-state index in [-0.39, 0.29) is 12.1 Å². The van der Waals surface area contributed by atoms with Gasteiger partial charge in [-0.15, -0.1) is 0 Å². The average Bonchev–Trinajstić information content (AvgIpc) is 2.88. The van der Waals surface area contributed by atoms with E-state index in [0.717, 1.165) is 25.1 Å². The van der Waals surface area contributed by atoms with Crippen molar-refractivity contribution in [3.05, 3.63) is 29.8 Å². The van der Waals surface area contributed by atoms with Crippen molar-refractivity contribution in [2.45, 2.75) is 44.7 Å². The number of hydrogen-bond acceptors (Lipinski definition) is 3. The number of nitrogens with one attached hydrogen (secondary N) is 1. The van der Waals surface area contributed by atoms with Crippen LogP contribution in [0.1, 0.15) is 38.2 Å². The van der Waals surface area contributed by atoms with E-state index < -0.39 is 0 Å². The Bertz CT molecular complexity index is 373. The molecule has 18 heavy (non-hydrogen) atoms. The monoisotopic (exact) mass is 249 g/mol. The van der Waals surface area contributed by atoms with E-state index in [9.17, 15) is 5.11 Å². The molecular formula is C15H23NO2. The molecule has 0 bridgehead atoms. The van der Waals surface area contributed by atoms with Crippen molar-refractivity contribution in [1.82, 2.24) is 5.32 Å². The highest BCUT2D eigenvalue weighted by Crippen LogP contribution is 2.30. The van der Waals surface area contributed by atoms with Crippen LogP contribution in [-0.2, 0) is 6.54 Å². The number of ether oxygens (including phenoxy) is 1. The van der Waals surface area contributed by atoms with Crippen LogP contribution < -0.4 is 10.1 Å². The van der Waals surface area contributed by atoms with E-state index in [1.54, 1.807) is 0 Å². The van der Waals surface area contributed by atoms with E-state index >= 15 is 0 Å². The topological polar surface area (TPSA) is 41.5 Å². The molecule has 1 aromatic rings. The molecule has 1 fully saturated rings. The van der Waals surface area contributed by atoms with Crippen LogP contribution in [0, 0.1) is 0 Å². The molecule has 1 aromatic carbocycles. The molecule has 0 saturated heterocycles. The van der Waals surface area contributed by atoms with Crippen LogP contribution in [0.15, 0.2) is 24.3 Å². The third-order valence-corrected chi connectivity index (χ3v) is 3.79. The Hall–Kier alpha value is -1.06. The summed E-state index contributed by atoms with van der Waals surface area (Å²) in [6.45, 7) is 3.67. The highest BCUT2D eigenvalue weighted by molar-refractivity contribution is 5.33. The zero-order valence-corrected chi connectivity index (χ0v) is 11.1. The Kier molecular flexibility index (Phi) is 4.61. The molecule has 0 unspecified atom stereocenters. The van der Waals surface area contributed by atoms with Crippen molar-refractivity contribution in [2.75, 3.05) is 13.2 Å². The molecule has 0 heterocycles. The quantitative estimate of drug-likeness (QED) is 0.814. The number of para-hydroxylation sites is 1. The third kappa shape index (κ3) is 3.03. The van der Waals surface area contributed by atoms with E-state index in [4.69, 9.17) is 4.74 Å². The van der Waals surface area contributed by atoms with Crippen molar-refractivity contribution >= 4 is 0 Å². The number of rotatable bonds is 6. The van der Waals surface area contributed by atoms with Crippen LogP contribution in [0.2, 0.25) is 0 Å². The maximum Gasteiger partial charge on any atom is 0.123 e. The van der Waals surface area contributed by atoms with Gasteiger partial charge in [0.1, 0.15) is 5.75 Å². The lowest BCUT2D eigenvalue weighted by Gasteiger charge is -2.28. The number of benzene rings is 1. The Balaban J connectivity index is 2.00. The van der Waals surface area contributed by atoms with Gasteiger partial charge in [0.15, 0.2) is 0 Å². The zero-order valence-electron chi connectivity index (χ0n) is 11.1. The highest BCUT2D eigenvalue weighted by atomic mass is 16.5. The van der Waals surface area contributed by atoms with Gasteiger partial charge in [0.25, 0.3) is 0 Å². The van der Waals surface area contributed by atoms with Crippen LogP contribution in [0.5, 0.6) is 5.75 Å². The van der Waals surface area contributed by atoms with E-state index in [1.807, 2.05) is 25.1 Å². The Morgan fingerprint density at radius 3 is 2.67 bits per heavy atom. The molecule has 2 rings (SSSR count). The van der Waals surface area contributed by atoms with E-state index in [0.29, 0.717) is 6.61 Å². The van der Waals surface area contributed by atoms with Gasteiger partial charge in [-0.3, -0.25) is 0 Å². The first-order valence-corrected chi connectivity index (χ1v) is 6.86. The zero-order chi connectivity index (χ0) is 12.8. The molecule has 0 aliphatic heterocycles. The second-order valence-corrected chi connectivity index (χ2v) is 5.04. The summed E-state index contributed by atoms with van der Waals surface area (Å²) >= 11 is 0. The highest BCUT2D eigenvalue weighted by Gasteiger charge is 2.32. The fraction of sp³-hybridized carbons (Fsp3) is 0.600. The first-order valence-electron chi connectivity index (χ1n) is 6.86. The summed E-state index contributed by atoms with van der Waals surface area (Å²) in [5, 5.41) is 13.1. The normalized spacial score (nSPS) is 17.9. The number of aliphatic hydroxyl groups is 1. The molecule has 3 nitrogen and oxygen atoms in total. The smallest absolute Gasteiger partial charge is 0.123 e. The van der Waals surface area contributed by atoms with Gasteiger partial charge in [0, 0.05) is 17.6 Å².